The number of hydrogen-bond donors (Lipinski definition) is 0. The molecule has 55 heavy (non-hydrogen) atoms. The van der Waals surface area contributed by atoms with Crippen molar-refractivity contribution in [3.63, 3.8) is 0 Å². The molecule has 0 amide bonds. The lowest BCUT2D eigenvalue weighted by Crippen LogP contribution is -2.31. The van der Waals surface area contributed by atoms with Gasteiger partial charge in [-0.25, -0.2) is 0 Å². The predicted molar refractivity (Wildman–Crippen MR) is 239 cm³/mol. The van der Waals surface area contributed by atoms with Crippen molar-refractivity contribution in [2.45, 2.75) is 107 Å². The molecule has 1 unspecified atom stereocenters. The van der Waals surface area contributed by atoms with Crippen molar-refractivity contribution >= 4 is 26.2 Å². The molecule has 4 aromatic rings. The molecule has 0 aliphatic heterocycles. The Hall–Kier alpha value is -3.72. The van der Waals surface area contributed by atoms with E-state index in [-0.39, 0.29) is 15.6 Å². The van der Waals surface area contributed by atoms with E-state index in [2.05, 4.69) is 139 Å². The molecule has 0 saturated heterocycles. The molecular formula is C47H68O6S2. The number of ether oxygens (including phenoxy) is 4. The van der Waals surface area contributed by atoms with E-state index < -0.39 is 20.6 Å². The summed E-state index contributed by atoms with van der Waals surface area (Å²) in [7, 11) is 3.13. The van der Waals surface area contributed by atoms with Crippen molar-refractivity contribution in [2.24, 2.45) is 0 Å². The van der Waals surface area contributed by atoms with Gasteiger partial charge in [-0.2, -0.15) is 0 Å². The Morgan fingerprint density at radius 1 is 0.582 bits per heavy atom. The van der Waals surface area contributed by atoms with Crippen LogP contribution in [0, 0.1) is 0 Å². The van der Waals surface area contributed by atoms with Crippen LogP contribution in [0.25, 0.3) is 5.57 Å². The van der Waals surface area contributed by atoms with Gasteiger partial charge in [-0.05, 0) is 132 Å². The van der Waals surface area contributed by atoms with E-state index in [1.807, 2.05) is 33.8 Å². The second kappa shape index (κ2) is 19.4. The monoisotopic (exact) mass is 792 g/mol. The van der Waals surface area contributed by atoms with Gasteiger partial charge in [0.2, 0.25) is 5.75 Å². The van der Waals surface area contributed by atoms with Gasteiger partial charge >= 0.3 is 0 Å². The molecule has 0 bridgehead atoms. The molecule has 0 spiro atoms. The zero-order chi connectivity index (χ0) is 41.2. The average molecular weight is 793 g/mol. The zero-order valence-corrected chi connectivity index (χ0v) is 38.1. The molecule has 0 radical (unpaired) electrons. The number of hydrogen-bond acceptors (Lipinski definition) is 6. The van der Waals surface area contributed by atoms with Gasteiger partial charge in [-0.3, -0.25) is 0 Å². The van der Waals surface area contributed by atoms with Crippen molar-refractivity contribution in [3.8, 4) is 28.7 Å². The predicted octanol–water partition coefficient (Wildman–Crippen LogP) is 13.3. The van der Waals surface area contributed by atoms with Crippen LogP contribution in [0.4, 0.5) is 0 Å². The van der Waals surface area contributed by atoms with Crippen molar-refractivity contribution in [2.75, 3.05) is 41.0 Å². The molecule has 6 nitrogen and oxygen atoms in total. The van der Waals surface area contributed by atoms with Gasteiger partial charge in [0.15, 0.2) is 23.0 Å². The maximum atomic E-state index is 7.72. The largest absolute Gasteiger partial charge is 0.493 e. The van der Waals surface area contributed by atoms with Crippen LogP contribution < -0.4 is 23.1 Å². The molecule has 5 rings (SSSR count). The minimum atomic E-state index is -2.05. The van der Waals surface area contributed by atoms with E-state index in [0.29, 0.717) is 35.2 Å². The van der Waals surface area contributed by atoms with Crippen molar-refractivity contribution in [1.82, 2.24) is 0 Å². The van der Waals surface area contributed by atoms with Gasteiger partial charge in [0.25, 0.3) is 0 Å². The van der Waals surface area contributed by atoms with Crippen LogP contribution in [0.3, 0.4) is 0 Å². The summed E-state index contributed by atoms with van der Waals surface area (Å²) in [5, 5.41) is 0. The molecule has 0 heterocycles. The summed E-state index contributed by atoms with van der Waals surface area (Å²) in [4.78, 5) is 2.38. The number of benzene rings is 4. The smallest absolute Gasteiger partial charge is 0.203 e. The third-order valence-electron chi connectivity index (χ3n) is 9.78. The van der Waals surface area contributed by atoms with Crippen molar-refractivity contribution < 1.29 is 27.3 Å². The third-order valence-corrected chi connectivity index (χ3v) is 17.5. The normalized spacial score (nSPS) is 15.0. The second-order valence-electron chi connectivity index (χ2n) is 15.0. The quantitative estimate of drug-likeness (QED) is 0.151. The van der Waals surface area contributed by atoms with Crippen LogP contribution >= 0.6 is 20.6 Å². The standard InChI is InChI=1S/C43H56O6S2.2C2H6/c1-42(2,3)50(11,12)49-38-27-30(23-26-37(38)44-7)35-28-31(24-25-34-36(35)29-39(45-8)41(47-10)40(34)46-9)48-51(43(4,5)6,32-19-15-13-16-20-32)33-21-17-14-18-22-33;2*1-2/h13-23,26-29,31H,24-25H2,1-12H3;2*1-2H3. The molecule has 4 aromatic carbocycles. The fourth-order valence-electron chi connectivity index (χ4n) is 6.44. The van der Waals surface area contributed by atoms with Gasteiger partial charge in [0.1, 0.15) is 0 Å². The molecule has 0 saturated carbocycles. The lowest BCUT2D eigenvalue weighted by atomic mass is 9.92. The minimum Gasteiger partial charge on any atom is -0.493 e. The highest BCUT2D eigenvalue weighted by atomic mass is 32.3. The van der Waals surface area contributed by atoms with Crippen molar-refractivity contribution in [1.29, 1.82) is 0 Å². The molecule has 0 aromatic heterocycles. The SMILES string of the molecule is CC.CC.COc1ccc(C2=CC(OS(c3ccccc3)(c3ccccc3)C(C)(C)C)CCc3c2cc(OC)c(OC)c3OC)cc1OS(C)(C)C(C)(C)C. The van der Waals surface area contributed by atoms with Crippen LogP contribution in [0.1, 0.15) is 92.3 Å². The van der Waals surface area contributed by atoms with Gasteiger partial charge < -0.3 is 27.3 Å². The summed E-state index contributed by atoms with van der Waals surface area (Å²) in [5.41, 5.74) is 4.04. The number of fused-ring (bicyclic) bond motifs is 1. The Bertz CT molecular complexity index is 1800. The number of rotatable bonds is 11. The Morgan fingerprint density at radius 2 is 1.11 bits per heavy atom. The van der Waals surface area contributed by atoms with Gasteiger partial charge in [-0.1, -0.05) is 90.8 Å². The van der Waals surface area contributed by atoms with E-state index in [9.17, 15) is 0 Å². The maximum absolute atomic E-state index is 7.72. The lowest BCUT2D eigenvalue weighted by molar-refractivity contribution is 0.261. The Labute approximate surface area is 337 Å². The van der Waals surface area contributed by atoms with Gasteiger partial charge in [0.05, 0.1) is 34.5 Å². The van der Waals surface area contributed by atoms with E-state index in [1.165, 1.54) is 9.79 Å². The lowest BCUT2D eigenvalue weighted by Gasteiger charge is -2.51. The number of methoxy groups -OCH3 is 4. The van der Waals surface area contributed by atoms with Crippen LogP contribution in [-0.4, -0.2) is 56.5 Å². The molecule has 1 aliphatic carbocycles. The average Bonchev–Trinajstić information content (AvgIpc) is 3.36. The molecule has 8 heteroatoms. The second-order valence-corrected chi connectivity index (χ2v) is 22.3. The Kier molecular flexibility index (Phi) is 16.1. The van der Waals surface area contributed by atoms with Gasteiger partial charge in [-0.15, -0.1) is 0 Å². The molecule has 0 fully saturated rings. The van der Waals surface area contributed by atoms with Gasteiger partial charge in [0, 0.05) is 24.8 Å². The first-order chi connectivity index (χ1) is 26.1. The Morgan fingerprint density at radius 3 is 1.56 bits per heavy atom. The fourth-order valence-corrected chi connectivity index (χ4v) is 11.1. The summed E-state index contributed by atoms with van der Waals surface area (Å²) in [5.74, 6) is 3.26. The highest BCUT2D eigenvalue weighted by Gasteiger charge is 2.43. The molecular weight excluding hydrogens is 725 g/mol. The molecule has 0 N–H and O–H groups in total. The van der Waals surface area contributed by atoms with E-state index >= 15 is 0 Å². The summed E-state index contributed by atoms with van der Waals surface area (Å²) in [6, 6.07) is 29.7. The molecule has 1 aliphatic rings. The minimum absolute atomic E-state index is 0.0492. The molecule has 1 atom stereocenters. The topological polar surface area (TPSA) is 55.4 Å². The highest BCUT2D eigenvalue weighted by molar-refractivity contribution is 8.31. The summed E-state index contributed by atoms with van der Waals surface area (Å²) in [6.45, 7) is 21.6. The van der Waals surface area contributed by atoms with E-state index in [1.54, 1.807) is 28.4 Å². The summed E-state index contributed by atoms with van der Waals surface area (Å²) >= 11 is 0. The zero-order valence-electron chi connectivity index (χ0n) is 36.4. The van der Waals surface area contributed by atoms with Crippen LogP contribution in [0.15, 0.2) is 101 Å². The van der Waals surface area contributed by atoms with E-state index in [4.69, 9.17) is 27.3 Å². The first-order valence-corrected chi connectivity index (χ1v) is 23.3. The first-order valence-electron chi connectivity index (χ1n) is 19.4. The summed E-state index contributed by atoms with van der Waals surface area (Å²) in [6.07, 6.45) is 7.87. The third kappa shape index (κ3) is 9.64. The van der Waals surface area contributed by atoms with Crippen molar-refractivity contribution in [3.05, 3.63) is 108 Å². The first kappa shape index (κ1) is 45.7. The molecule has 304 valence electrons. The van der Waals surface area contributed by atoms with E-state index in [0.717, 1.165) is 28.7 Å². The Balaban J connectivity index is 0.00000196. The fraction of sp³-hybridized carbons (Fsp3) is 0.447. The van der Waals surface area contributed by atoms with Crippen LogP contribution in [-0.2, 0) is 10.6 Å². The van der Waals surface area contributed by atoms with Crippen LogP contribution in [0.2, 0.25) is 0 Å². The van der Waals surface area contributed by atoms with Crippen LogP contribution in [0.5, 0.6) is 28.7 Å². The maximum Gasteiger partial charge on any atom is 0.203 e. The highest BCUT2D eigenvalue weighted by Crippen LogP contribution is 2.72. The summed E-state index contributed by atoms with van der Waals surface area (Å²) < 4.78 is 38.0.